The zero-order chi connectivity index (χ0) is 15.4. The Morgan fingerprint density at radius 2 is 1.86 bits per heavy atom. The number of hydrogen-bond acceptors (Lipinski definition) is 2. The van der Waals surface area contributed by atoms with E-state index in [2.05, 4.69) is 26.0 Å². The minimum Gasteiger partial charge on any atom is -0.435 e. The smallest absolute Gasteiger partial charge is 0.387 e. The van der Waals surface area contributed by atoms with E-state index in [1.54, 1.807) is 12.1 Å². The van der Waals surface area contributed by atoms with Gasteiger partial charge in [-0.2, -0.15) is 8.78 Å². The van der Waals surface area contributed by atoms with E-state index in [0.717, 1.165) is 10.0 Å². The Hall–Kier alpha value is -1.95. The van der Waals surface area contributed by atoms with E-state index in [9.17, 15) is 13.6 Å². The predicted molar refractivity (Wildman–Crippen MR) is 79.9 cm³/mol. The van der Waals surface area contributed by atoms with Crippen molar-refractivity contribution in [3.63, 3.8) is 0 Å². The first-order chi connectivity index (χ1) is 9.95. The van der Waals surface area contributed by atoms with E-state index in [-0.39, 0.29) is 11.7 Å². The number of carbonyl (C=O) groups excluding carboxylic acids is 1. The summed E-state index contributed by atoms with van der Waals surface area (Å²) in [6.07, 6.45) is 0. The molecular formula is C15H12BrF2NO2. The van der Waals surface area contributed by atoms with Crippen LogP contribution in [0.2, 0.25) is 0 Å². The Bertz CT molecular complexity index is 645. The summed E-state index contributed by atoms with van der Waals surface area (Å²) in [5.41, 5.74) is 2.06. The number of nitrogens with one attached hydrogen (secondary N) is 1. The third-order valence-electron chi connectivity index (χ3n) is 2.77. The topological polar surface area (TPSA) is 38.3 Å². The van der Waals surface area contributed by atoms with Gasteiger partial charge in [0.05, 0.1) is 0 Å². The summed E-state index contributed by atoms with van der Waals surface area (Å²) in [7, 11) is 0. The van der Waals surface area contributed by atoms with Gasteiger partial charge in [0, 0.05) is 15.7 Å². The number of amides is 1. The Labute approximate surface area is 129 Å². The van der Waals surface area contributed by atoms with E-state index < -0.39 is 6.61 Å². The molecule has 0 saturated heterocycles. The SMILES string of the molecule is Cc1ccc(NC(=O)c2ccc(OC(F)F)cc2)cc1Br. The average molecular weight is 356 g/mol. The standard InChI is InChI=1S/C15H12BrF2NO2/c1-9-2-5-11(8-13(9)16)19-14(20)10-3-6-12(7-4-10)21-15(17)18/h2-8,15H,1H3,(H,19,20). The van der Waals surface area contributed by atoms with Crippen LogP contribution in [0.4, 0.5) is 14.5 Å². The van der Waals surface area contributed by atoms with Crippen LogP contribution in [0.25, 0.3) is 0 Å². The number of carbonyl (C=O) groups is 1. The van der Waals surface area contributed by atoms with Gasteiger partial charge in [0.15, 0.2) is 0 Å². The molecule has 0 fully saturated rings. The lowest BCUT2D eigenvalue weighted by Gasteiger charge is -2.08. The molecule has 21 heavy (non-hydrogen) atoms. The molecule has 0 aliphatic heterocycles. The molecule has 2 rings (SSSR count). The maximum Gasteiger partial charge on any atom is 0.387 e. The molecule has 2 aromatic carbocycles. The summed E-state index contributed by atoms with van der Waals surface area (Å²) in [6.45, 7) is -0.938. The molecule has 0 unspecified atom stereocenters. The first-order valence-electron chi connectivity index (χ1n) is 6.08. The Morgan fingerprint density at radius 3 is 2.43 bits per heavy atom. The van der Waals surface area contributed by atoms with Gasteiger partial charge in [-0.05, 0) is 48.9 Å². The number of rotatable bonds is 4. The Kier molecular flexibility index (Phi) is 4.90. The van der Waals surface area contributed by atoms with Gasteiger partial charge >= 0.3 is 6.61 Å². The second-order valence-corrected chi connectivity index (χ2v) is 5.18. The van der Waals surface area contributed by atoms with Crippen LogP contribution in [0.1, 0.15) is 15.9 Å². The van der Waals surface area contributed by atoms with Crippen LogP contribution >= 0.6 is 15.9 Å². The van der Waals surface area contributed by atoms with E-state index in [1.807, 2.05) is 13.0 Å². The van der Waals surface area contributed by atoms with Gasteiger partial charge in [0.2, 0.25) is 0 Å². The molecule has 0 atom stereocenters. The van der Waals surface area contributed by atoms with Gasteiger partial charge in [-0.15, -0.1) is 0 Å². The molecule has 0 aromatic heterocycles. The molecule has 0 aliphatic rings. The lowest BCUT2D eigenvalue weighted by molar-refractivity contribution is -0.0498. The first-order valence-corrected chi connectivity index (χ1v) is 6.87. The second-order valence-electron chi connectivity index (χ2n) is 4.32. The van der Waals surface area contributed by atoms with E-state index >= 15 is 0 Å². The van der Waals surface area contributed by atoms with Crippen molar-refractivity contribution in [1.82, 2.24) is 0 Å². The van der Waals surface area contributed by atoms with Crippen molar-refractivity contribution in [2.45, 2.75) is 13.5 Å². The molecule has 3 nitrogen and oxygen atoms in total. The molecule has 6 heteroatoms. The van der Waals surface area contributed by atoms with E-state index in [0.29, 0.717) is 11.3 Å². The molecule has 1 N–H and O–H groups in total. The summed E-state index contributed by atoms with van der Waals surface area (Å²) < 4.78 is 29.2. The lowest BCUT2D eigenvalue weighted by Crippen LogP contribution is -2.12. The van der Waals surface area contributed by atoms with Crippen LogP contribution in [0.3, 0.4) is 0 Å². The van der Waals surface area contributed by atoms with Crippen LogP contribution in [-0.2, 0) is 0 Å². The molecule has 0 bridgehead atoms. The number of aryl methyl sites for hydroxylation is 1. The van der Waals surface area contributed by atoms with E-state index in [1.165, 1.54) is 24.3 Å². The molecule has 2 aromatic rings. The Balaban J connectivity index is 2.07. The van der Waals surface area contributed by atoms with Crippen LogP contribution in [0.15, 0.2) is 46.9 Å². The van der Waals surface area contributed by atoms with Gasteiger partial charge in [-0.3, -0.25) is 4.79 Å². The normalized spacial score (nSPS) is 10.5. The van der Waals surface area contributed by atoms with Crippen LogP contribution in [-0.4, -0.2) is 12.5 Å². The Morgan fingerprint density at radius 1 is 1.19 bits per heavy atom. The third-order valence-corrected chi connectivity index (χ3v) is 3.63. The number of halogens is 3. The van der Waals surface area contributed by atoms with Crippen molar-refractivity contribution in [2.75, 3.05) is 5.32 Å². The van der Waals surface area contributed by atoms with Crippen molar-refractivity contribution in [3.8, 4) is 5.75 Å². The molecule has 0 radical (unpaired) electrons. The molecule has 0 aliphatic carbocycles. The van der Waals surface area contributed by atoms with Gasteiger partial charge in [-0.25, -0.2) is 0 Å². The fourth-order valence-electron chi connectivity index (χ4n) is 1.66. The van der Waals surface area contributed by atoms with Crippen molar-refractivity contribution in [3.05, 3.63) is 58.1 Å². The number of ether oxygens (including phenoxy) is 1. The maximum absolute atomic E-state index is 12.0. The van der Waals surface area contributed by atoms with Crippen molar-refractivity contribution in [1.29, 1.82) is 0 Å². The van der Waals surface area contributed by atoms with Crippen LogP contribution < -0.4 is 10.1 Å². The number of alkyl halides is 2. The predicted octanol–water partition coefficient (Wildman–Crippen LogP) is 4.61. The molecule has 110 valence electrons. The highest BCUT2D eigenvalue weighted by Crippen LogP contribution is 2.21. The minimum absolute atomic E-state index is 0.0135. The fraction of sp³-hybridized carbons (Fsp3) is 0.133. The van der Waals surface area contributed by atoms with E-state index in [4.69, 9.17) is 0 Å². The monoisotopic (exact) mass is 355 g/mol. The highest BCUT2D eigenvalue weighted by Gasteiger charge is 2.09. The molecule has 1 amide bonds. The quantitative estimate of drug-likeness (QED) is 0.869. The number of hydrogen-bond donors (Lipinski definition) is 1. The second kappa shape index (κ2) is 6.67. The van der Waals surface area contributed by atoms with Crippen LogP contribution in [0.5, 0.6) is 5.75 Å². The number of benzene rings is 2. The first kappa shape index (κ1) is 15.4. The zero-order valence-electron chi connectivity index (χ0n) is 11.1. The molecule has 0 spiro atoms. The lowest BCUT2D eigenvalue weighted by atomic mass is 10.2. The van der Waals surface area contributed by atoms with Crippen molar-refractivity contribution in [2.24, 2.45) is 0 Å². The van der Waals surface area contributed by atoms with Gasteiger partial charge < -0.3 is 10.1 Å². The minimum atomic E-state index is -2.88. The van der Waals surface area contributed by atoms with Gasteiger partial charge in [-0.1, -0.05) is 22.0 Å². The van der Waals surface area contributed by atoms with Gasteiger partial charge in [0.1, 0.15) is 5.75 Å². The molecular weight excluding hydrogens is 344 g/mol. The molecule has 0 heterocycles. The molecule has 0 saturated carbocycles. The summed E-state index contributed by atoms with van der Waals surface area (Å²) in [5.74, 6) is -0.311. The largest absolute Gasteiger partial charge is 0.435 e. The summed E-state index contributed by atoms with van der Waals surface area (Å²) in [4.78, 5) is 12.0. The third kappa shape index (κ3) is 4.26. The van der Waals surface area contributed by atoms with Crippen molar-refractivity contribution >= 4 is 27.5 Å². The highest BCUT2D eigenvalue weighted by molar-refractivity contribution is 9.10. The zero-order valence-corrected chi connectivity index (χ0v) is 12.7. The van der Waals surface area contributed by atoms with Crippen LogP contribution in [0, 0.1) is 6.92 Å². The van der Waals surface area contributed by atoms with Gasteiger partial charge in [0.25, 0.3) is 5.91 Å². The summed E-state index contributed by atoms with van der Waals surface area (Å²) in [5, 5.41) is 2.73. The number of anilines is 1. The summed E-state index contributed by atoms with van der Waals surface area (Å²) >= 11 is 3.39. The summed E-state index contributed by atoms with van der Waals surface area (Å²) in [6, 6.07) is 11.0. The maximum atomic E-state index is 12.0. The highest BCUT2D eigenvalue weighted by atomic mass is 79.9. The van der Waals surface area contributed by atoms with Crippen molar-refractivity contribution < 1.29 is 18.3 Å². The fourth-order valence-corrected chi connectivity index (χ4v) is 2.04. The average Bonchev–Trinajstić information content (AvgIpc) is 2.43.